The molecule has 1 rings (SSSR count). The molecule has 18 heavy (non-hydrogen) atoms. The molecular formula is C14H16O4. The number of hydrogen-bond acceptors (Lipinski definition) is 4. The summed E-state index contributed by atoms with van der Waals surface area (Å²) in [6.07, 6.45) is 1.89. The smallest absolute Gasteiger partial charge is 0.347 e. The van der Waals surface area contributed by atoms with Gasteiger partial charge >= 0.3 is 11.9 Å². The van der Waals surface area contributed by atoms with Gasteiger partial charge in [-0.25, -0.2) is 9.59 Å². The third-order valence-corrected chi connectivity index (χ3v) is 2.15. The monoisotopic (exact) mass is 248 g/mol. The van der Waals surface area contributed by atoms with Gasteiger partial charge in [-0.15, -0.1) is 0 Å². The van der Waals surface area contributed by atoms with E-state index in [0.29, 0.717) is 0 Å². The highest BCUT2D eigenvalue weighted by molar-refractivity contribution is 5.85. The average molecular weight is 248 g/mol. The van der Waals surface area contributed by atoms with Crippen molar-refractivity contribution < 1.29 is 19.1 Å². The molecule has 0 heterocycles. The van der Waals surface area contributed by atoms with Crippen molar-refractivity contribution >= 4 is 11.9 Å². The highest BCUT2D eigenvalue weighted by Gasteiger charge is 2.17. The molecule has 0 aliphatic rings. The lowest BCUT2D eigenvalue weighted by atomic mass is 10.2. The van der Waals surface area contributed by atoms with Crippen molar-refractivity contribution in [3.05, 3.63) is 48.0 Å². The first-order valence-corrected chi connectivity index (χ1v) is 5.67. The Labute approximate surface area is 106 Å². The molecule has 0 aromatic heterocycles. The van der Waals surface area contributed by atoms with Crippen LogP contribution in [0.15, 0.2) is 42.5 Å². The lowest BCUT2D eigenvalue weighted by Crippen LogP contribution is -2.25. The van der Waals surface area contributed by atoms with Gasteiger partial charge in [0, 0.05) is 6.08 Å². The molecule has 4 nitrogen and oxygen atoms in total. The summed E-state index contributed by atoms with van der Waals surface area (Å²) in [7, 11) is 0. The van der Waals surface area contributed by atoms with Gasteiger partial charge in [-0.3, -0.25) is 0 Å². The molecular weight excluding hydrogens is 232 g/mol. The Balaban J connectivity index is 2.39. The molecule has 4 heteroatoms. The second-order valence-electron chi connectivity index (χ2n) is 3.67. The number of ether oxygens (including phenoxy) is 2. The van der Waals surface area contributed by atoms with Gasteiger partial charge in [0.25, 0.3) is 0 Å². The number of carbonyl (C=O) groups excluding carboxylic acids is 2. The summed E-state index contributed by atoms with van der Waals surface area (Å²) >= 11 is 0. The van der Waals surface area contributed by atoms with Crippen molar-refractivity contribution in [1.82, 2.24) is 0 Å². The van der Waals surface area contributed by atoms with E-state index in [9.17, 15) is 9.59 Å². The summed E-state index contributed by atoms with van der Waals surface area (Å²) in [6.45, 7) is 3.35. The molecule has 1 aromatic carbocycles. The summed E-state index contributed by atoms with van der Waals surface area (Å²) < 4.78 is 9.87. The van der Waals surface area contributed by atoms with Crippen LogP contribution in [0.4, 0.5) is 0 Å². The number of esters is 2. The fraction of sp³-hybridized carbons (Fsp3) is 0.286. The normalized spacial score (nSPS) is 12.1. The van der Waals surface area contributed by atoms with Crippen molar-refractivity contribution in [1.29, 1.82) is 0 Å². The lowest BCUT2D eigenvalue weighted by Gasteiger charge is -2.11. The van der Waals surface area contributed by atoms with Crippen LogP contribution in [0.3, 0.4) is 0 Å². The van der Waals surface area contributed by atoms with Crippen LogP contribution in [0.25, 0.3) is 0 Å². The van der Waals surface area contributed by atoms with Gasteiger partial charge in [-0.05, 0) is 19.4 Å². The second kappa shape index (κ2) is 7.27. The van der Waals surface area contributed by atoms with E-state index >= 15 is 0 Å². The third-order valence-electron chi connectivity index (χ3n) is 2.15. The second-order valence-corrected chi connectivity index (χ2v) is 3.67. The van der Waals surface area contributed by atoms with Gasteiger partial charge in [0.2, 0.25) is 0 Å². The van der Waals surface area contributed by atoms with E-state index in [1.54, 1.807) is 13.0 Å². The lowest BCUT2D eigenvalue weighted by molar-refractivity contribution is -0.164. The van der Waals surface area contributed by atoms with Crippen molar-refractivity contribution in [2.75, 3.05) is 0 Å². The van der Waals surface area contributed by atoms with E-state index in [4.69, 9.17) is 9.47 Å². The van der Waals surface area contributed by atoms with Crippen LogP contribution in [-0.2, 0) is 25.7 Å². The zero-order valence-electron chi connectivity index (χ0n) is 10.5. The summed E-state index contributed by atoms with van der Waals surface area (Å²) in [4.78, 5) is 22.6. The number of benzene rings is 1. The van der Waals surface area contributed by atoms with Crippen molar-refractivity contribution in [2.24, 2.45) is 0 Å². The van der Waals surface area contributed by atoms with Gasteiger partial charge in [-0.2, -0.15) is 0 Å². The molecule has 0 aliphatic carbocycles. The molecule has 1 aromatic rings. The van der Waals surface area contributed by atoms with Crippen molar-refractivity contribution in [2.45, 2.75) is 26.6 Å². The number of allylic oxidation sites excluding steroid dienone is 1. The van der Waals surface area contributed by atoms with Gasteiger partial charge in [-0.1, -0.05) is 36.4 Å². The summed E-state index contributed by atoms with van der Waals surface area (Å²) in [6, 6.07) is 9.30. The van der Waals surface area contributed by atoms with Crippen molar-refractivity contribution in [3.63, 3.8) is 0 Å². The standard InChI is InChI=1S/C14H16O4/c1-3-7-13(15)18-11(2)14(16)17-10-12-8-5-4-6-9-12/h3-9,11H,10H2,1-2H3/b7-3+. The Morgan fingerprint density at radius 3 is 2.56 bits per heavy atom. The molecule has 0 amide bonds. The van der Waals surface area contributed by atoms with Crippen LogP contribution in [0.2, 0.25) is 0 Å². The van der Waals surface area contributed by atoms with Crippen LogP contribution >= 0.6 is 0 Å². The average Bonchev–Trinajstić information content (AvgIpc) is 2.37. The Hall–Kier alpha value is -2.10. The van der Waals surface area contributed by atoms with Gasteiger partial charge in [0.15, 0.2) is 6.10 Å². The summed E-state index contributed by atoms with van der Waals surface area (Å²) in [5.74, 6) is -1.11. The minimum Gasteiger partial charge on any atom is -0.458 e. The largest absolute Gasteiger partial charge is 0.458 e. The van der Waals surface area contributed by atoms with E-state index in [2.05, 4.69) is 0 Å². The Bertz CT molecular complexity index is 423. The van der Waals surface area contributed by atoms with E-state index < -0.39 is 18.0 Å². The van der Waals surface area contributed by atoms with Gasteiger partial charge in [0.05, 0.1) is 0 Å². The van der Waals surface area contributed by atoms with Crippen LogP contribution in [0, 0.1) is 0 Å². The molecule has 0 fully saturated rings. The maximum atomic E-state index is 11.5. The highest BCUT2D eigenvalue weighted by Crippen LogP contribution is 2.03. The van der Waals surface area contributed by atoms with Gasteiger partial charge in [0.1, 0.15) is 6.61 Å². The van der Waals surface area contributed by atoms with Crippen LogP contribution in [0.1, 0.15) is 19.4 Å². The van der Waals surface area contributed by atoms with Gasteiger partial charge < -0.3 is 9.47 Å². The quantitative estimate of drug-likeness (QED) is 0.592. The maximum Gasteiger partial charge on any atom is 0.347 e. The Kier molecular flexibility index (Phi) is 5.64. The molecule has 0 radical (unpaired) electrons. The summed E-state index contributed by atoms with van der Waals surface area (Å²) in [5.41, 5.74) is 0.887. The van der Waals surface area contributed by atoms with E-state index in [1.165, 1.54) is 13.0 Å². The Morgan fingerprint density at radius 1 is 1.28 bits per heavy atom. The molecule has 1 atom stereocenters. The fourth-order valence-corrected chi connectivity index (χ4v) is 1.24. The Morgan fingerprint density at radius 2 is 1.94 bits per heavy atom. The van der Waals surface area contributed by atoms with Crippen LogP contribution in [0.5, 0.6) is 0 Å². The zero-order chi connectivity index (χ0) is 13.4. The SMILES string of the molecule is C/C=C/C(=O)OC(C)C(=O)OCc1ccccc1. The molecule has 0 saturated carbocycles. The number of hydrogen-bond donors (Lipinski definition) is 0. The highest BCUT2D eigenvalue weighted by atomic mass is 16.6. The third kappa shape index (κ3) is 4.82. The number of carbonyl (C=O) groups is 2. The number of rotatable bonds is 5. The molecule has 1 unspecified atom stereocenters. The molecule has 96 valence electrons. The molecule has 0 aliphatic heterocycles. The molecule has 0 bridgehead atoms. The zero-order valence-corrected chi connectivity index (χ0v) is 10.5. The first-order chi connectivity index (χ1) is 8.63. The van der Waals surface area contributed by atoms with Crippen molar-refractivity contribution in [3.8, 4) is 0 Å². The maximum absolute atomic E-state index is 11.5. The summed E-state index contributed by atoms with van der Waals surface area (Å²) in [5, 5.41) is 0. The predicted molar refractivity (Wildman–Crippen MR) is 66.6 cm³/mol. The van der Waals surface area contributed by atoms with E-state index in [-0.39, 0.29) is 6.61 Å². The molecule has 0 N–H and O–H groups in total. The van der Waals surface area contributed by atoms with E-state index in [1.807, 2.05) is 30.3 Å². The first-order valence-electron chi connectivity index (χ1n) is 5.67. The van der Waals surface area contributed by atoms with Crippen LogP contribution in [-0.4, -0.2) is 18.0 Å². The fourth-order valence-electron chi connectivity index (χ4n) is 1.24. The topological polar surface area (TPSA) is 52.6 Å². The first kappa shape index (κ1) is 14.0. The minimum absolute atomic E-state index is 0.172. The van der Waals surface area contributed by atoms with E-state index in [0.717, 1.165) is 5.56 Å². The minimum atomic E-state index is -0.905. The van der Waals surface area contributed by atoms with Crippen LogP contribution < -0.4 is 0 Å². The predicted octanol–water partition coefficient (Wildman–Crippen LogP) is 2.24. The molecule has 0 spiro atoms. The molecule has 0 saturated heterocycles.